The van der Waals surface area contributed by atoms with Crippen molar-refractivity contribution in [3.63, 3.8) is 0 Å². The van der Waals surface area contributed by atoms with Crippen LogP contribution in [-0.2, 0) is 17.6 Å². The van der Waals surface area contributed by atoms with E-state index < -0.39 is 0 Å². The number of hydrogen-bond donors (Lipinski definition) is 0. The van der Waals surface area contributed by atoms with Crippen molar-refractivity contribution in [2.24, 2.45) is 0 Å². The topological polar surface area (TPSA) is 35.5 Å². The fourth-order valence-electron chi connectivity index (χ4n) is 1.90. The van der Waals surface area contributed by atoms with E-state index in [4.69, 9.17) is 9.47 Å². The number of hydrogen-bond acceptors (Lipinski definition) is 3. The first-order chi connectivity index (χ1) is 8.26. The van der Waals surface area contributed by atoms with Crippen molar-refractivity contribution in [3.8, 4) is 11.5 Å². The number of carbonyl (C=O) groups excluding carboxylic acids is 1. The first-order valence-corrected chi connectivity index (χ1v) is 5.94. The van der Waals surface area contributed by atoms with Gasteiger partial charge in [-0.05, 0) is 36.1 Å². The largest absolute Gasteiger partial charge is 0.496 e. The second kappa shape index (κ2) is 6.94. The lowest BCUT2D eigenvalue weighted by Gasteiger charge is -2.14. The SMILES string of the molecule is CCCc1cc(OC)c(CCC=O)cc1OC. The second-order valence-corrected chi connectivity index (χ2v) is 3.93. The van der Waals surface area contributed by atoms with Crippen LogP contribution in [0, 0.1) is 0 Å². The van der Waals surface area contributed by atoms with E-state index >= 15 is 0 Å². The van der Waals surface area contributed by atoms with E-state index in [2.05, 4.69) is 6.92 Å². The molecule has 0 N–H and O–H groups in total. The normalized spacial score (nSPS) is 10.1. The average molecular weight is 236 g/mol. The Balaban J connectivity index is 3.07. The summed E-state index contributed by atoms with van der Waals surface area (Å²) >= 11 is 0. The summed E-state index contributed by atoms with van der Waals surface area (Å²) in [4.78, 5) is 10.4. The maximum atomic E-state index is 10.4. The minimum Gasteiger partial charge on any atom is -0.496 e. The van der Waals surface area contributed by atoms with Crippen LogP contribution >= 0.6 is 0 Å². The standard InChI is InChI=1S/C14H20O3/c1-4-6-11-9-14(17-3)12(7-5-8-15)10-13(11)16-2/h8-10H,4-7H2,1-3H3. The number of aldehydes is 1. The van der Waals surface area contributed by atoms with Gasteiger partial charge in [-0.2, -0.15) is 0 Å². The number of aryl methyl sites for hydroxylation is 2. The Morgan fingerprint density at radius 2 is 1.59 bits per heavy atom. The third kappa shape index (κ3) is 3.48. The van der Waals surface area contributed by atoms with Crippen LogP contribution in [0.2, 0.25) is 0 Å². The van der Waals surface area contributed by atoms with E-state index in [-0.39, 0.29) is 0 Å². The van der Waals surface area contributed by atoms with Gasteiger partial charge in [0.05, 0.1) is 14.2 Å². The van der Waals surface area contributed by atoms with Crippen LogP contribution < -0.4 is 9.47 Å². The number of methoxy groups -OCH3 is 2. The van der Waals surface area contributed by atoms with Crippen molar-refractivity contribution < 1.29 is 14.3 Å². The van der Waals surface area contributed by atoms with Crippen LogP contribution in [0.15, 0.2) is 12.1 Å². The first kappa shape index (κ1) is 13.6. The Morgan fingerprint density at radius 3 is 2.00 bits per heavy atom. The number of carbonyl (C=O) groups is 1. The molecule has 0 saturated heterocycles. The maximum absolute atomic E-state index is 10.4. The molecule has 1 rings (SSSR count). The van der Waals surface area contributed by atoms with Crippen LogP contribution in [-0.4, -0.2) is 20.5 Å². The van der Waals surface area contributed by atoms with Gasteiger partial charge in [0.1, 0.15) is 17.8 Å². The molecular weight excluding hydrogens is 216 g/mol. The second-order valence-electron chi connectivity index (χ2n) is 3.93. The van der Waals surface area contributed by atoms with E-state index in [0.29, 0.717) is 12.8 Å². The van der Waals surface area contributed by atoms with Gasteiger partial charge in [0.2, 0.25) is 0 Å². The third-order valence-corrected chi connectivity index (χ3v) is 2.73. The highest BCUT2D eigenvalue weighted by molar-refractivity contribution is 5.52. The van der Waals surface area contributed by atoms with Crippen molar-refractivity contribution in [2.45, 2.75) is 32.6 Å². The zero-order valence-electron chi connectivity index (χ0n) is 10.8. The molecule has 0 bridgehead atoms. The summed E-state index contributed by atoms with van der Waals surface area (Å²) in [6.07, 6.45) is 4.15. The molecule has 3 heteroatoms. The third-order valence-electron chi connectivity index (χ3n) is 2.73. The Kier molecular flexibility index (Phi) is 5.53. The Labute approximate surface area is 103 Å². The van der Waals surface area contributed by atoms with Crippen LogP contribution in [0.3, 0.4) is 0 Å². The minimum absolute atomic E-state index is 0.507. The van der Waals surface area contributed by atoms with Crippen LogP contribution in [0.4, 0.5) is 0 Å². The Morgan fingerprint density at radius 1 is 1.06 bits per heavy atom. The van der Waals surface area contributed by atoms with Crippen molar-refractivity contribution in [2.75, 3.05) is 14.2 Å². The fourth-order valence-corrected chi connectivity index (χ4v) is 1.90. The van der Waals surface area contributed by atoms with Gasteiger partial charge < -0.3 is 14.3 Å². The molecule has 0 radical (unpaired) electrons. The molecule has 0 aliphatic heterocycles. The fraction of sp³-hybridized carbons (Fsp3) is 0.500. The molecule has 0 aliphatic rings. The van der Waals surface area contributed by atoms with Crippen molar-refractivity contribution >= 4 is 6.29 Å². The van der Waals surface area contributed by atoms with E-state index in [9.17, 15) is 4.79 Å². The van der Waals surface area contributed by atoms with Gasteiger partial charge in [-0.25, -0.2) is 0 Å². The Bertz CT molecular complexity index is 372. The maximum Gasteiger partial charge on any atom is 0.122 e. The Hall–Kier alpha value is -1.51. The number of benzene rings is 1. The highest BCUT2D eigenvalue weighted by Crippen LogP contribution is 2.30. The summed E-state index contributed by atoms with van der Waals surface area (Å²) in [6.45, 7) is 2.13. The molecule has 0 unspecified atom stereocenters. The van der Waals surface area contributed by atoms with Gasteiger partial charge in [-0.15, -0.1) is 0 Å². The summed E-state index contributed by atoms with van der Waals surface area (Å²) in [5, 5.41) is 0. The zero-order chi connectivity index (χ0) is 12.7. The van der Waals surface area contributed by atoms with E-state index in [0.717, 1.165) is 41.8 Å². The molecule has 3 nitrogen and oxygen atoms in total. The lowest BCUT2D eigenvalue weighted by Crippen LogP contribution is -1.99. The molecule has 0 atom stereocenters. The van der Waals surface area contributed by atoms with Crippen molar-refractivity contribution in [1.29, 1.82) is 0 Å². The van der Waals surface area contributed by atoms with E-state index in [1.54, 1.807) is 14.2 Å². The van der Waals surface area contributed by atoms with E-state index in [1.807, 2.05) is 12.1 Å². The molecule has 94 valence electrons. The molecule has 0 amide bonds. The number of rotatable bonds is 7. The lowest BCUT2D eigenvalue weighted by atomic mass is 10.0. The smallest absolute Gasteiger partial charge is 0.122 e. The molecule has 0 heterocycles. The van der Waals surface area contributed by atoms with Gasteiger partial charge in [0, 0.05) is 6.42 Å². The molecule has 1 aromatic rings. The highest BCUT2D eigenvalue weighted by atomic mass is 16.5. The van der Waals surface area contributed by atoms with Crippen LogP contribution in [0.25, 0.3) is 0 Å². The van der Waals surface area contributed by atoms with Crippen molar-refractivity contribution in [3.05, 3.63) is 23.3 Å². The summed E-state index contributed by atoms with van der Waals surface area (Å²) < 4.78 is 10.7. The van der Waals surface area contributed by atoms with Crippen molar-refractivity contribution in [1.82, 2.24) is 0 Å². The molecule has 0 aliphatic carbocycles. The van der Waals surface area contributed by atoms with Gasteiger partial charge in [0.25, 0.3) is 0 Å². The predicted octanol–water partition coefficient (Wildman–Crippen LogP) is 2.79. The predicted molar refractivity (Wildman–Crippen MR) is 67.9 cm³/mol. The zero-order valence-corrected chi connectivity index (χ0v) is 10.8. The van der Waals surface area contributed by atoms with E-state index in [1.165, 1.54) is 0 Å². The average Bonchev–Trinajstić information content (AvgIpc) is 2.36. The molecule has 0 fully saturated rings. The summed E-state index contributed by atoms with van der Waals surface area (Å²) in [5.41, 5.74) is 2.18. The molecule has 0 saturated carbocycles. The molecule has 0 aromatic heterocycles. The molecule has 17 heavy (non-hydrogen) atoms. The molecular formula is C14H20O3. The summed E-state index contributed by atoms with van der Waals surface area (Å²) in [5.74, 6) is 1.73. The molecule has 0 spiro atoms. The van der Waals surface area contributed by atoms with Gasteiger partial charge in [-0.3, -0.25) is 0 Å². The quantitative estimate of drug-likeness (QED) is 0.683. The first-order valence-electron chi connectivity index (χ1n) is 5.94. The summed E-state index contributed by atoms with van der Waals surface area (Å²) in [6, 6.07) is 4.00. The van der Waals surface area contributed by atoms with Gasteiger partial charge in [0.15, 0.2) is 0 Å². The van der Waals surface area contributed by atoms with Crippen LogP contribution in [0.5, 0.6) is 11.5 Å². The monoisotopic (exact) mass is 236 g/mol. The van der Waals surface area contributed by atoms with Gasteiger partial charge in [-0.1, -0.05) is 13.3 Å². The number of ether oxygens (including phenoxy) is 2. The molecule has 1 aromatic carbocycles. The van der Waals surface area contributed by atoms with Gasteiger partial charge >= 0.3 is 0 Å². The van der Waals surface area contributed by atoms with Crippen LogP contribution in [0.1, 0.15) is 30.9 Å². The lowest BCUT2D eigenvalue weighted by molar-refractivity contribution is -0.107. The summed E-state index contributed by atoms with van der Waals surface area (Å²) in [7, 11) is 3.33. The minimum atomic E-state index is 0.507. The highest BCUT2D eigenvalue weighted by Gasteiger charge is 2.10.